The Kier molecular flexibility index (Phi) is 7.50. The van der Waals surface area contributed by atoms with Crippen LogP contribution < -0.4 is 10.1 Å². The van der Waals surface area contributed by atoms with Gasteiger partial charge in [-0.15, -0.1) is 0 Å². The Labute approximate surface area is 194 Å². The van der Waals surface area contributed by atoms with E-state index in [9.17, 15) is 10.1 Å². The monoisotopic (exact) mass is 528 g/mol. The van der Waals surface area contributed by atoms with Crippen LogP contribution in [0.4, 0.5) is 5.69 Å². The zero-order chi connectivity index (χ0) is 21.5. The Balaban J connectivity index is 1.80. The molecular weight excluding hydrogens is 511 g/mol. The van der Waals surface area contributed by atoms with Gasteiger partial charge in [0, 0.05) is 19.8 Å². The average Bonchev–Trinajstić information content (AvgIpc) is 2.74. The van der Waals surface area contributed by atoms with Crippen molar-refractivity contribution >= 4 is 51.9 Å². The molecule has 30 heavy (non-hydrogen) atoms. The number of anilines is 1. The fourth-order valence-electron chi connectivity index (χ4n) is 2.70. The first-order valence-corrected chi connectivity index (χ1v) is 10.6. The topological polar surface area (TPSA) is 62.1 Å². The lowest BCUT2D eigenvalue weighted by Gasteiger charge is -2.11. The van der Waals surface area contributed by atoms with Crippen molar-refractivity contribution in [2.24, 2.45) is 0 Å². The fourth-order valence-corrected chi connectivity index (χ4v) is 3.23. The van der Waals surface area contributed by atoms with E-state index >= 15 is 0 Å². The van der Waals surface area contributed by atoms with Crippen LogP contribution in [0.1, 0.15) is 16.7 Å². The first kappa shape index (κ1) is 21.9. The molecule has 0 bridgehead atoms. The first-order valence-electron chi connectivity index (χ1n) is 9.12. The lowest BCUT2D eigenvalue weighted by molar-refractivity contribution is -0.112. The number of rotatable bonds is 6. The minimum Gasteiger partial charge on any atom is -0.488 e. The number of aryl methyl sites for hydroxylation is 1. The van der Waals surface area contributed by atoms with Crippen molar-refractivity contribution in [1.82, 2.24) is 0 Å². The quantitative estimate of drug-likeness (QED) is 0.229. The largest absolute Gasteiger partial charge is 0.488 e. The number of hydrogen-bond acceptors (Lipinski definition) is 3. The molecule has 0 aromatic heterocycles. The number of nitrogens with one attached hydrogen (secondary N) is 1. The van der Waals surface area contributed by atoms with Crippen LogP contribution in [0.25, 0.3) is 6.08 Å². The second kappa shape index (κ2) is 10.3. The summed E-state index contributed by atoms with van der Waals surface area (Å²) in [6.07, 6.45) is 1.53. The molecule has 0 spiro atoms. The smallest absolute Gasteiger partial charge is 0.266 e. The highest BCUT2D eigenvalue weighted by Crippen LogP contribution is 2.24. The molecular formula is C24H18ClIN2O2. The minimum absolute atomic E-state index is 0.0281. The number of para-hydroxylation sites is 1. The molecule has 3 aromatic carbocycles. The number of benzene rings is 3. The average molecular weight is 529 g/mol. The second-order valence-electron chi connectivity index (χ2n) is 6.54. The number of hydrogen-bond donors (Lipinski definition) is 1. The summed E-state index contributed by atoms with van der Waals surface area (Å²) in [7, 11) is 0. The molecule has 1 N–H and O–H groups in total. The highest BCUT2D eigenvalue weighted by Gasteiger charge is 2.13. The van der Waals surface area contributed by atoms with E-state index in [0.717, 1.165) is 14.7 Å². The van der Waals surface area contributed by atoms with E-state index in [4.69, 9.17) is 16.3 Å². The Morgan fingerprint density at radius 3 is 2.63 bits per heavy atom. The van der Waals surface area contributed by atoms with Crippen LogP contribution in [-0.2, 0) is 11.4 Å². The summed E-state index contributed by atoms with van der Waals surface area (Å²) in [5, 5.41) is 12.8. The number of nitrogens with zero attached hydrogens (tertiary/aromatic N) is 1. The van der Waals surface area contributed by atoms with E-state index in [1.165, 1.54) is 6.08 Å². The third-order valence-corrected chi connectivity index (χ3v) is 5.29. The number of carbonyl (C=O) groups excluding carboxylic acids is 1. The first-order chi connectivity index (χ1) is 14.5. The van der Waals surface area contributed by atoms with Crippen molar-refractivity contribution in [3.05, 3.63) is 97.6 Å². The molecule has 0 saturated heterocycles. The maximum atomic E-state index is 12.6. The molecule has 150 valence electrons. The van der Waals surface area contributed by atoms with Crippen molar-refractivity contribution in [3.63, 3.8) is 0 Å². The highest BCUT2D eigenvalue weighted by molar-refractivity contribution is 14.1. The summed E-state index contributed by atoms with van der Waals surface area (Å²) in [6.45, 7) is 2.24. The lowest BCUT2D eigenvalue weighted by atomic mass is 10.1. The minimum atomic E-state index is -0.504. The van der Waals surface area contributed by atoms with Crippen LogP contribution in [-0.4, -0.2) is 5.91 Å². The van der Waals surface area contributed by atoms with E-state index in [1.54, 1.807) is 24.3 Å². The van der Waals surface area contributed by atoms with Gasteiger partial charge >= 0.3 is 0 Å². The fraction of sp³-hybridized carbons (Fsp3) is 0.0833. The van der Waals surface area contributed by atoms with Crippen LogP contribution >= 0.6 is 34.2 Å². The van der Waals surface area contributed by atoms with Crippen molar-refractivity contribution in [2.45, 2.75) is 13.5 Å². The van der Waals surface area contributed by atoms with Crippen LogP contribution in [0.15, 0.2) is 72.3 Å². The molecule has 0 atom stereocenters. The standard InChI is InChI=1S/C24H18ClIN2O2/c1-16-6-9-20(25)13-22(16)28-24(29)19(14-27)12-18-4-2-3-5-23(18)30-15-17-7-10-21(26)11-8-17/h2-13H,15H2,1H3,(H,28,29)/b19-12+. The lowest BCUT2D eigenvalue weighted by Crippen LogP contribution is -2.14. The van der Waals surface area contributed by atoms with Gasteiger partial charge in [-0.05, 0) is 77.0 Å². The Morgan fingerprint density at radius 2 is 1.90 bits per heavy atom. The van der Waals surface area contributed by atoms with Crippen molar-refractivity contribution in [1.29, 1.82) is 5.26 Å². The summed E-state index contributed by atoms with van der Waals surface area (Å²) < 4.78 is 7.09. The van der Waals surface area contributed by atoms with Gasteiger partial charge in [-0.2, -0.15) is 5.26 Å². The van der Waals surface area contributed by atoms with Crippen molar-refractivity contribution in [3.8, 4) is 11.8 Å². The maximum absolute atomic E-state index is 12.6. The summed E-state index contributed by atoms with van der Waals surface area (Å²) in [6, 6.07) is 22.5. The Bertz CT molecular complexity index is 1130. The van der Waals surface area contributed by atoms with Crippen LogP contribution in [0.5, 0.6) is 5.75 Å². The molecule has 0 heterocycles. The summed E-state index contributed by atoms with van der Waals surface area (Å²) in [5.74, 6) is 0.0887. The number of ether oxygens (including phenoxy) is 1. The summed E-state index contributed by atoms with van der Waals surface area (Å²) in [5.41, 5.74) is 3.07. The molecule has 0 unspecified atom stereocenters. The molecule has 4 nitrogen and oxygen atoms in total. The van der Waals surface area contributed by atoms with Gasteiger partial charge in [-0.25, -0.2) is 0 Å². The van der Waals surface area contributed by atoms with E-state index < -0.39 is 5.91 Å². The molecule has 0 aliphatic carbocycles. The number of amides is 1. The van der Waals surface area contributed by atoms with Crippen molar-refractivity contribution in [2.75, 3.05) is 5.32 Å². The highest BCUT2D eigenvalue weighted by atomic mass is 127. The van der Waals surface area contributed by atoms with Gasteiger partial charge in [0.1, 0.15) is 24.0 Å². The zero-order valence-corrected chi connectivity index (χ0v) is 19.1. The van der Waals surface area contributed by atoms with Gasteiger partial charge in [-0.1, -0.05) is 48.0 Å². The summed E-state index contributed by atoms with van der Waals surface area (Å²) in [4.78, 5) is 12.6. The molecule has 0 aliphatic heterocycles. The van der Waals surface area contributed by atoms with Gasteiger partial charge in [0.25, 0.3) is 5.91 Å². The van der Waals surface area contributed by atoms with Gasteiger partial charge < -0.3 is 10.1 Å². The van der Waals surface area contributed by atoms with Crippen molar-refractivity contribution < 1.29 is 9.53 Å². The predicted octanol–water partition coefficient (Wildman–Crippen LogP) is 6.38. The third-order valence-electron chi connectivity index (χ3n) is 4.34. The van der Waals surface area contributed by atoms with Crippen LogP contribution in [0.3, 0.4) is 0 Å². The van der Waals surface area contributed by atoms with Gasteiger partial charge in [0.2, 0.25) is 0 Å². The Morgan fingerprint density at radius 1 is 1.17 bits per heavy atom. The predicted molar refractivity (Wildman–Crippen MR) is 128 cm³/mol. The van der Waals surface area contributed by atoms with E-state index in [-0.39, 0.29) is 5.57 Å². The van der Waals surface area contributed by atoms with E-state index in [2.05, 4.69) is 27.9 Å². The third kappa shape index (κ3) is 5.85. The van der Waals surface area contributed by atoms with Gasteiger partial charge in [0.15, 0.2) is 0 Å². The molecule has 1 amide bonds. The Hall–Kier alpha value is -2.82. The summed E-state index contributed by atoms with van der Waals surface area (Å²) >= 11 is 8.26. The molecule has 0 fully saturated rings. The molecule has 6 heteroatoms. The SMILES string of the molecule is Cc1ccc(Cl)cc1NC(=O)/C(C#N)=C/c1ccccc1OCc1ccc(I)cc1. The van der Waals surface area contributed by atoms with Crippen LogP contribution in [0.2, 0.25) is 5.02 Å². The molecule has 3 aromatic rings. The van der Waals surface area contributed by atoms with Crippen LogP contribution in [0, 0.1) is 21.8 Å². The van der Waals surface area contributed by atoms with Gasteiger partial charge in [0.05, 0.1) is 0 Å². The number of nitriles is 1. The molecule has 0 saturated carbocycles. The van der Waals surface area contributed by atoms with E-state index in [1.807, 2.05) is 55.5 Å². The molecule has 3 rings (SSSR count). The maximum Gasteiger partial charge on any atom is 0.266 e. The second-order valence-corrected chi connectivity index (χ2v) is 8.22. The van der Waals surface area contributed by atoms with Gasteiger partial charge in [-0.3, -0.25) is 4.79 Å². The zero-order valence-electron chi connectivity index (χ0n) is 16.2. The number of halogens is 2. The normalized spacial score (nSPS) is 10.9. The van der Waals surface area contributed by atoms with E-state index in [0.29, 0.717) is 28.6 Å². The molecule has 0 aliphatic rings. The molecule has 0 radical (unpaired) electrons. The number of carbonyl (C=O) groups is 1.